The van der Waals surface area contributed by atoms with E-state index in [1.54, 1.807) is 29.9 Å². The summed E-state index contributed by atoms with van der Waals surface area (Å²) in [5.41, 5.74) is 1.51. The lowest BCUT2D eigenvalue weighted by molar-refractivity contribution is -0.387. The Morgan fingerprint density at radius 1 is 1.33 bits per heavy atom. The van der Waals surface area contributed by atoms with E-state index < -0.39 is 23.4 Å². The van der Waals surface area contributed by atoms with Crippen LogP contribution in [0.1, 0.15) is 32.9 Å². The molecule has 33 heavy (non-hydrogen) atoms. The van der Waals surface area contributed by atoms with Crippen LogP contribution in [0.25, 0.3) is 0 Å². The lowest BCUT2D eigenvalue weighted by Gasteiger charge is -2.12. The van der Waals surface area contributed by atoms with Gasteiger partial charge in [-0.1, -0.05) is 0 Å². The van der Waals surface area contributed by atoms with Crippen molar-refractivity contribution in [3.05, 3.63) is 74.9 Å². The van der Waals surface area contributed by atoms with Crippen LogP contribution >= 0.6 is 11.8 Å². The largest absolute Gasteiger partial charge is 0.467 e. The number of benzene rings is 1. The molecule has 11 heteroatoms. The van der Waals surface area contributed by atoms with Gasteiger partial charge in [0.15, 0.2) is 6.61 Å². The van der Waals surface area contributed by atoms with Crippen molar-refractivity contribution in [2.24, 2.45) is 0 Å². The zero-order valence-electron chi connectivity index (χ0n) is 18.1. The normalized spacial score (nSPS) is 10.5. The number of hydrogen-bond donors (Lipinski definition) is 1. The standard InChI is InChI=1S/C22H20N4O6S/c1-13-14(2)25(11-16-5-4-8-31-16)21(17(13)10-23)24-20(27)12-32-22(28)15-6-7-19(33-3)18(9-15)26(29)30/h4-9H,11-12H2,1-3H3,(H,24,27). The summed E-state index contributed by atoms with van der Waals surface area (Å²) in [5.74, 6) is -0.632. The van der Waals surface area contributed by atoms with Gasteiger partial charge in [-0.2, -0.15) is 5.26 Å². The quantitative estimate of drug-likeness (QED) is 0.226. The molecule has 1 aromatic carbocycles. The van der Waals surface area contributed by atoms with Gasteiger partial charge < -0.3 is 19.0 Å². The first-order chi connectivity index (χ1) is 15.8. The first-order valence-electron chi connectivity index (χ1n) is 9.68. The van der Waals surface area contributed by atoms with E-state index in [2.05, 4.69) is 11.4 Å². The molecule has 0 unspecified atom stereocenters. The third-order valence-corrected chi connectivity index (χ3v) is 5.82. The van der Waals surface area contributed by atoms with Crippen LogP contribution in [0.5, 0.6) is 0 Å². The summed E-state index contributed by atoms with van der Waals surface area (Å²) in [6, 6.07) is 9.56. The monoisotopic (exact) mass is 468 g/mol. The van der Waals surface area contributed by atoms with Gasteiger partial charge in [-0.05, 0) is 49.9 Å². The molecule has 10 nitrogen and oxygen atoms in total. The number of aromatic nitrogens is 1. The fourth-order valence-electron chi connectivity index (χ4n) is 3.23. The first kappa shape index (κ1) is 23.6. The molecule has 0 atom stereocenters. The van der Waals surface area contributed by atoms with E-state index in [1.807, 2.05) is 6.92 Å². The van der Waals surface area contributed by atoms with Crippen LogP contribution in [0, 0.1) is 35.3 Å². The minimum atomic E-state index is -0.875. The molecule has 3 aromatic rings. The third kappa shape index (κ3) is 5.07. The number of rotatable bonds is 8. The van der Waals surface area contributed by atoms with Gasteiger partial charge in [-0.15, -0.1) is 11.8 Å². The van der Waals surface area contributed by atoms with Gasteiger partial charge in [0, 0.05) is 11.8 Å². The number of carbonyl (C=O) groups excluding carboxylic acids is 2. The van der Waals surface area contributed by atoms with Crippen molar-refractivity contribution >= 4 is 35.1 Å². The van der Waals surface area contributed by atoms with Crippen LogP contribution in [0.3, 0.4) is 0 Å². The maximum absolute atomic E-state index is 12.5. The Labute approximate surface area is 193 Å². The van der Waals surface area contributed by atoms with E-state index in [-0.39, 0.29) is 17.1 Å². The van der Waals surface area contributed by atoms with E-state index >= 15 is 0 Å². The number of furan rings is 1. The molecular formula is C22H20N4O6S. The Balaban J connectivity index is 1.74. The van der Waals surface area contributed by atoms with Gasteiger partial charge in [0.2, 0.25) is 0 Å². The lowest BCUT2D eigenvalue weighted by atomic mass is 10.2. The molecule has 0 aliphatic heterocycles. The number of ether oxygens (including phenoxy) is 1. The Bertz CT molecular complexity index is 1260. The van der Waals surface area contributed by atoms with Gasteiger partial charge in [0.05, 0.1) is 33.8 Å². The van der Waals surface area contributed by atoms with Gasteiger partial charge in [0.1, 0.15) is 17.6 Å². The van der Waals surface area contributed by atoms with Gasteiger partial charge in [0.25, 0.3) is 11.6 Å². The fraction of sp³-hybridized carbons (Fsp3) is 0.227. The molecular weight excluding hydrogens is 448 g/mol. The predicted octanol–water partition coefficient (Wildman–Crippen LogP) is 4.04. The summed E-state index contributed by atoms with van der Waals surface area (Å²) >= 11 is 1.18. The van der Waals surface area contributed by atoms with Crippen LogP contribution in [-0.2, 0) is 16.1 Å². The highest BCUT2D eigenvalue weighted by atomic mass is 32.2. The molecule has 0 aliphatic carbocycles. The topological polar surface area (TPSA) is 140 Å². The number of nitrogens with one attached hydrogen (secondary N) is 1. The highest BCUT2D eigenvalue weighted by Crippen LogP contribution is 2.29. The molecule has 0 saturated carbocycles. The summed E-state index contributed by atoms with van der Waals surface area (Å²) in [6.07, 6.45) is 3.21. The van der Waals surface area contributed by atoms with Crippen molar-refractivity contribution < 1.29 is 23.7 Å². The van der Waals surface area contributed by atoms with Crippen LogP contribution in [0.15, 0.2) is 45.9 Å². The van der Waals surface area contributed by atoms with Crippen molar-refractivity contribution in [1.82, 2.24) is 4.57 Å². The zero-order chi connectivity index (χ0) is 24.1. The SMILES string of the molecule is CSc1ccc(C(=O)OCC(=O)Nc2c(C#N)c(C)c(C)n2Cc2ccco2)cc1[N+](=O)[O-]. The number of nitriles is 1. The number of carbonyl (C=O) groups is 2. The second kappa shape index (κ2) is 10.1. The molecule has 2 aromatic heterocycles. The van der Waals surface area contributed by atoms with Crippen molar-refractivity contribution in [1.29, 1.82) is 5.26 Å². The molecule has 2 heterocycles. The smallest absolute Gasteiger partial charge is 0.338 e. The van der Waals surface area contributed by atoms with Crippen molar-refractivity contribution in [2.75, 3.05) is 18.2 Å². The van der Waals surface area contributed by atoms with E-state index in [9.17, 15) is 25.0 Å². The summed E-state index contributed by atoms with van der Waals surface area (Å²) in [7, 11) is 0. The summed E-state index contributed by atoms with van der Waals surface area (Å²) in [6.45, 7) is 3.25. The minimum Gasteiger partial charge on any atom is -0.467 e. The van der Waals surface area contributed by atoms with Crippen LogP contribution in [0.4, 0.5) is 11.5 Å². The molecule has 1 N–H and O–H groups in total. The van der Waals surface area contributed by atoms with Crippen LogP contribution in [-0.4, -0.2) is 34.2 Å². The van der Waals surface area contributed by atoms with E-state index in [0.717, 1.165) is 11.8 Å². The molecule has 3 rings (SSSR count). The zero-order valence-corrected chi connectivity index (χ0v) is 18.9. The van der Waals surface area contributed by atoms with E-state index in [1.165, 1.54) is 30.2 Å². The Morgan fingerprint density at radius 2 is 2.09 bits per heavy atom. The Kier molecular flexibility index (Phi) is 7.20. The maximum atomic E-state index is 12.5. The van der Waals surface area contributed by atoms with Crippen LogP contribution < -0.4 is 5.32 Å². The maximum Gasteiger partial charge on any atom is 0.338 e. The highest BCUT2D eigenvalue weighted by molar-refractivity contribution is 7.98. The van der Waals surface area contributed by atoms with E-state index in [0.29, 0.717) is 28.3 Å². The van der Waals surface area contributed by atoms with Gasteiger partial charge in [-0.25, -0.2) is 4.79 Å². The summed E-state index contributed by atoms with van der Waals surface area (Å²) < 4.78 is 12.1. The number of thioether (sulfide) groups is 1. The summed E-state index contributed by atoms with van der Waals surface area (Å²) in [4.78, 5) is 35.9. The number of nitrogens with zero attached hydrogens (tertiary/aromatic N) is 3. The van der Waals surface area contributed by atoms with Gasteiger partial charge in [-0.3, -0.25) is 14.9 Å². The Morgan fingerprint density at radius 3 is 2.70 bits per heavy atom. The number of hydrogen-bond acceptors (Lipinski definition) is 8. The highest BCUT2D eigenvalue weighted by Gasteiger charge is 2.22. The number of amides is 1. The van der Waals surface area contributed by atoms with Crippen molar-refractivity contribution in [3.63, 3.8) is 0 Å². The fourth-order valence-corrected chi connectivity index (χ4v) is 3.78. The molecule has 1 amide bonds. The third-order valence-electron chi connectivity index (χ3n) is 5.04. The number of nitro benzene ring substituents is 1. The number of esters is 1. The molecule has 0 bridgehead atoms. The number of nitro groups is 1. The summed E-state index contributed by atoms with van der Waals surface area (Å²) in [5, 5.41) is 23.4. The van der Waals surface area contributed by atoms with Crippen molar-refractivity contribution in [2.45, 2.75) is 25.3 Å². The molecule has 0 fully saturated rings. The second-order valence-corrected chi connectivity index (χ2v) is 7.83. The van der Waals surface area contributed by atoms with Gasteiger partial charge >= 0.3 is 5.97 Å². The lowest BCUT2D eigenvalue weighted by Crippen LogP contribution is -2.23. The average molecular weight is 468 g/mol. The number of anilines is 1. The molecule has 0 radical (unpaired) electrons. The molecule has 0 aliphatic rings. The van der Waals surface area contributed by atoms with E-state index in [4.69, 9.17) is 9.15 Å². The minimum absolute atomic E-state index is 0.0436. The molecule has 170 valence electrons. The molecule has 0 spiro atoms. The average Bonchev–Trinajstić information content (AvgIpc) is 3.39. The van der Waals surface area contributed by atoms with Crippen molar-refractivity contribution in [3.8, 4) is 6.07 Å². The first-order valence-corrected chi connectivity index (χ1v) is 10.9. The second-order valence-electron chi connectivity index (χ2n) is 6.98. The van der Waals surface area contributed by atoms with Crippen LogP contribution in [0.2, 0.25) is 0 Å². The molecule has 0 saturated heterocycles. The predicted molar refractivity (Wildman–Crippen MR) is 120 cm³/mol. The Hall–Kier alpha value is -4.04.